The van der Waals surface area contributed by atoms with Crippen molar-refractivity contribution in [3.05, 3.63) is 74.9 Å². The summed E-state index contributed by atoms with van der Waals surface area (Å²) in [5.41, 5.74) is 6.94. The summed E-state index contributed by atoms with van der Waals surface area (Å²) in [6.45, 7) is 15.8. The van der Waals surface area contributed by atoms with Gasteiger partial charge in [-0.25, -0.2) is 0 Å². The van der Waals surface area contributed by atoms with Crippen molar-refractivity contribution in [1.29, 1.82) is 0 Å². The average Bonchev–Trinajstić information content (AvgIpc) is 2.81. The molecule has 4 heteroatoms. The minimum Gasteiger partial charge on any atom is -0.496 e. The normalized spacial score (nSPS) is 28.7. The number of ether oxygens (including phenoxy) is 1. The third-order valence-electron chi connectivity index (χ3n) is 10.0. The summed E-state index contributed by atoms with van der Waals surface area (Å²) in [7, 11) is 1.68. The SMILES string of the molecule is COc1ccc(C)cc1-c1ccc(C)c2c1CC1(C)CC3(C)CC(C)=C(C(C)=O)C(=O)C3(C)C(C)=C1C2=O. The molecule has 38 heavy (non-hydrogen) atoms. The Hall–Kier alpha value is -3.27. The Morgan fingerprint density at radius 2 is 1.61 bits per heavy atom. The van der Waals surface area contributed by atoms with E-state index in [2.05, 4.69) is 32.9 Å². The second-order valence-electron chi connectivity index (χ2n) is 12.6. The molecule has 2 aromatic rings. The van der Waals surface area contributed by atoms with E-state index >= 15 is 0 Å². The van der Waals surface area contributed by atoms with E-state index in [1.165, 1.54) is 6.92 Å². The molecule has 0 N–H and O–H groups in total. The third kappa shape index (κ3) is 3.31. The molecule has 3 aliphatic rings. The zero-order valence-corrected chi connectivity index (χ0v) is 24.1. The van der Waals surface area contributed by atoms with Crippen LogP contribution in [0.4, 0.5) is 0 Å². The van der Waals surface area contributed by atoms with Gasteiger partial charge in [0.1, 0.15) is 5.75 Å². The Kier molecular flexibility index (Phi) is 5.80. The molecule has 0 amide bonds. The van der Waals surface area contributed by atoms with E-state index in [0.29, 0.717) is 24.8 Å². The van der Waals surface area contributed by atoms with Crippen LogP contribution in [0.1, 0.15) is 81.4 Å². The molecule has 0 saturated carbocycles. The number of carbonyl (C=O) groups is 3. The van der Waals surface area contributed by atoms with Gasteiger partial charge in [0.25, 0.3) is 0 Å². The lowest BCUT2D eigenvalue weighted by molar-refractivity contribution is -0.134. The maximum atomic E-state index is 14.5. The lowest BCUT2D eigenvalue weighted by Gasteiger charge is -2.59. The van der Waals surface area contributed by atoms with Crippen molar-refractivity contribution in [3.8, 4) is 16.9 Å². The molecule has 3 unspecified atom stereocenters. The molecule has 3 aliphatic carbocycles. The van der Waals surface area contributed by atoms with Crippen molar-refractivity contribution in [2.24, 2.45) is 16.2 Å². The highest BCUT2D eigenvalue weighted by Crippen LogP contribution is 2.66. The smallest absolute Gasteiger partial charge is 0.190 e. The number of benzene rings is 2. The molecule has 0 fully saturated rings. The number of hydrogen-bond acceptors (Lipinski definition) is 4. The molecule has 0 bridgehead atoms. The highest BCUT2D eigenvalue weighted by molar-refractivity contribution is 6.24. The molecule has 0 aromatic heterocycles. The molecule has 0 heterocycles. The van der Waals surface area contributed by atoms with Crippen LogP contribution in [0.5, 0.6) is 5.75 Å². The standard InChI is InChI=1S/C34H38O4/c1-18-10-13-26(38-9)24(14-18)23-12-11-19(2)28-25(23)16-32(6)17-33(7)15-20(3)27(22(5)35)31(37)34(33,8)21(4)29(32)30(28)36/h10-14H,15-17H2,1-9H3. The van der Waals surface area contributed by atoms with Gasteiger partial charge in [0, 0.05) is 22.1 Å². The minimum absolute atomic E-state index is 0.0175. The van der Waals surface area contributed by atoms with Crippen LogP contribution in [-0.2, 0) is 16.0 Å². The number of carbonyl (C=O) groups excluding carboxylic acids is 3. The van der Waals surface area contributed by atoms with E-state index in [-0.39, 0.29) is 17.3 Å². The molecule has 0 spiro atoms. The average molecular weight is 511 g/mol. The fourth-order valence-electron chi connectivity index (χ4n) is 8.20. The quantitative estimate of drug-likeness (QED) is 0.406. The van der Waals surface area contributed by atoms with Crippen LogP contribution in [0, 0.1) is 30.1 Å². The van der Waals surface area contributed by atoms with Crippen LogP contribution in [0.15, 0.2) is 52.6 Å². The molecule has 2 aromatic carbocycles. The monoisotopic (exact) mass is 510 g/mol. The van der Waals surface area contributed by atoms with Gasteiger partial charge in [-0.05, 0) is 95.0 Å². The Balaban J connectivity index is 1.78. The summed E-state index contributed by atoms with van der Waals surface area (Å²) in [5, 5.41) is 0. The predicted octanol–water partition coefficient (Wildman–Crippen LogP) is 7.34. The van der Waals surface area contributed by atoms with E-state index < -0.39 is 16.2 Å². The van der Waals surface area contributed by atoms with Crippen LogP contribution in [0.25, 0.3) is 11.1 Å². The number of fused-ring (bicyclic) bond motifs is 3. The van der Waals surface area contributed by atoms with Crippen molar-refractivity contribution >= 4 is 17.3 Å². The van der Waals surface area contributed by atoms with E-state index in [0.717, 1.165) is 55.8 Å². The summed E-state index contributed by atoms with van der Waals surface area (Å²) in [4.78, 5) is 41.1. The van der Waals surface area contributed by atoms with Gasteiger partial charge in [0.05, 0.1) is 18.1 Å². The van der Waals surface area contributed by atoms with Gasteiger partial charge in [-0.15, -0.1) is 0 Å². The number of hydrogen-bond donors (Lipinski definition) is 0. The molecule has 198 valence electrons. The Labute approximate surface area is 226 Å². The number of allylic oxidation sites excluding steroid dienone is 4. The number of rotatable bonds is 3. The Morgan fingerprint density at radius 1 is 0.921 bits per heavy atom. The van der Waals surface area contributed by atoms with E-state index in [1.807, 2.05) is 45.9 Å². The van der Waals surface area contributed by atoms with E-state index in [1.54, 1.807) is 7.11 Å². The van der Waals surface area contributed by atoms with Gasteiger partial charge in [0.2, 0.25) is 0 Å². The first-order valence-electron chi connectivity index (χ1n) is 13.5. The van der Waals surface area contributed by atoms with Crippen LogP contribution in [0.3, 0.4) is 0 Å². The Morgan fingerprint density at radius 3 is 2.24 bits per heavy atom. The van der Waals surface area contributed by atoms with Crippen molar-refractivity contribution < 1.29 is 19.1 Å². The predicted molar refractivity (Wildman–Crippen MR) is 151 cm³/mol. The molecule has 0 radical (unpaired) electrons. The molecular formula is C34H38O4. The van der Waals surface area contributed by atoms with Crippen molar-refractivity contribution in [1.82, 2.24) is 0 Å². The highest BCUT2D eigenvalue weighted by atomic mass is 16.5. The topological polar surface area (TPSA) is 60.4 Å². The summed E-state index contributed by atoms with van der Waals surface area (Å²) in [6.07, 6.45) is 2.07. The van der Waals surface area contributed by atoms with Crippen molar-refractivity contribution in [3.63, 3.8) is 0 Å². The number of methoxy groups -OCH3 is 1. The zero-order valence-electron chi connectivity index (χ0n) is 24.1. The maximum Gasteiger partial charge on any atom is 0.190 e. The molecule has 3 atom stereocenters. The largest absolute Gasteiger partial charge is 0.496 e. The number of aryl methyl sites for hydroxylation is 2. The van der Waals surface area contributed by atoms with Gasteiger partial charge in [-0.1, -0.05) is 48.8 Å². The molecular weight excluding hydrogens is 472 g/mol. The fraction of sp³-hybridized carbons (Fsp3) is 0.441. The summed E-state index contributed by atoms with van der Waals surface area (Å²) in [5.74, 6) is 0.492. The fourth-order valence-corrected chi connectivity index (χ4v) is 8.20. The number of Topliss-reactive ketones (excluding diaryl/α,β-unsaturated/α-hetero) is 3. The molecule has 0 saturated heterocycles. The second-order valence-corrected chi connectivity index (χ2v) is 12.6. The van der Waals surface area contributed by atoms with E-state index in [4.69, 9.17) is 4.74 Å². The lowest BCUT2D eigenvalue weighted by Crippen LogP contribution is -2.57. The summed E-state index contributed by atoms with van der Waals surface area (Å²) >= 11 is 0. The van der Waals surface area contributed by atoms with E-state index in [9.17, 15) is 14.4 Å². The van der Waals surface area contributed by atoms with Crippen LogP contribution >= 0.6 is 0 Å². The lowest BCUT2D eigenvalue weighted by atomic mass is 9.42. The van der Waals surface area contributed by atoms with Gasteiger partial charge in [-0.3, -0.25) is 14.4 Å². The minimum atomic E-state index is -0.902. The van der Waals surface area contributed by atoms with Gasteiger partial charge in [0.15, 0.2) is 17.3 Å². The highest BCUT2D eigenvalue weighted by Gasteiger charge is 2.63. The molecule has 0 aliphatic heterocycles. The first kappa shape index (κ1) is 26.3. The maximum absolute atomic E-state index is 14.5. The van der Waals surface area contributed by atoms with Crippen LogP contribution < -0.4 is 4.74 Å². The second kappa shape index (κ2) is 8.36. The van der Waals surface area contributed by atoms with Crippen LogP contribution in [0.2, 0.25) is 0 Å². The van der Waals surface area contributed by atoms with Crippen molar-refractivity contribution in [2.75, 3.05) is 7.11 Å². The summed E-state index contributed by atoms with van der Waals surface area (Å²) in [6, 6.07) is 10.3. The van der Waals surface area contributed by atoms with Gasteiger partial charge < -0.3 is 4.74 Å². The number of ketones is 3. The Bertz CT molecular complexity index is 1520. The zero-order chi connectivity index (χ0) is 27.9. The molecule has 4 nitrogen and oxygen atoms in total. The summed E-state index contributed by atoms with van der Waals surface area (Å²) < 4.78 is 5.74. The molecule has 5 rings (SSSR count). The van der Waals surface area contributed by atoms with Gasteiger partial charge in [-0.2, -0.15) is 0 Å². The van der Waals surface area contributed by atoms with Crippen LogP contribution in [-0.4, -0.2) is 24.5 Å². The van der Waals surface area contributed by atoms with Crippen molar-refractivity contribution in [2.45, 2.75) is 74.7 Å². The first-order chi connectivity index (χ1) is 17.7. The first-order valence-corrected chi connectivity index (χ1v) is 13.5. The third-order valence-corrected chi connectivity index (χ3v) is 10.0. The van der Waals surface area contributed by atoms with Gasteiger partial charge >= 0.3 is 0 Å².